The molecule has 0 saturated carbocycles. The molecule has 0 spiro atoms. The molecular weight excluding hydrogens is 231 g/mol. The molecule has 0 aromatic carbocycles. The number of allylic oxidation sites excluding steroid dienone is 1. The number of hydrogen-bond acceptors (Lipinski definition) is 2. The van der Waals surface area contributed by atoms with E-state index in [1.807, 2.05) is 12.2 Å². The van der Waals surface area contributed by atoms with Gasteiger partial charge in [-0.15, -0.1) is 8.19 Å². The van der Waals surface area contributed by atoms with Gasteiger partial charge >= 0.3 is 5.97 Å². The number of cyclic esters (lactones) is 1. The summed E-state index contributed by atoms with van der Waals surface area (Å²) in [4.78, 5) is 14.3. The van der Waals surface area contributed by atoms with Crippen LogP contribution in [0.4, 0.5) is 0 Å². The summed E-state index contributed by atoms with van der Waals surface area (Å²) in [6.07, 6.45) is 5.97. The first kappa shape index (κ1) is 10.6. The molecule has 2 nitrogen and oxygen atoms in total. The second-order valence-electron chi connectivity index (χ2n) is 4.40. The van der Waals surface area contributed by atoms with Crippen molar-refractivity contribution >= 4 is 31.9 Å². The van der Waals surface area contributed by atoms with Gasteiger partial charge in [0.15, 0.2) is 0 Å². The number of carbonyl (C=O) groups is 1. The van der Waals surface area contributed by atoms with Crippen LogP contribution in [0.15, 0.2) is 24.3 Å². The van der Waals surface area contributed by atoms with Gasteiger partial charge in [-0.25, -0.2) is 0 Å². The maximum atomic E-state index is 11.8. The van der Waals surface area contributed by atoms with E-state index in [1.54, 1.807) is 0 Å². The van der Waals surface area contributed by atoms with Crippen molar-refractivity contribution in [3.63, 3.8) is 0 Å². The van der Waals surface area contributed by atoms with Gasteiger partial charge in [0.25, 0.3) is 0 Å². The van der Waals surface area contributed by atoms with Gasteiger partial charge in [0.2, 0.25) is 0 Å². The lowest BCUT2D eigenvalue weighted by Gasteiger charge is -2.17. The largest absolute Gasteiger partial charge is 0.461 e. The molecule has 1 aromatic heterocycles. The zero-order valence-electron chi connectivity index (χ0n) is 9.62. The first-order valence-corrected chi connectivity index (χ1v) is 6.61. The Morgan fingerprint density at radius 2 is 2.35 bits per heavy atom. The summed E-state index contributed by atoms with van der Waals surface area (Å²) < 4.78 is 5.08. The Bertz CT molecular complexity index is 661. The van der Waals surface area contributed by atoms with E-state index < -0.39 is 0 Å². The van der Waals surface area contributed by atoms with Crippen LogP contribution >= 0.6 is 8.19 Å². The van der Waals surface area contributed by atoms with Crippen LogP contribution in [-0.4, -0.2) is 12.6 Å². The van der Waals surface area contributed by atoms with Crippen LogP contribution in [0.2, 0.25) is 0 Å². The summed E-state index contributed by atoms with van der Waals surface area (Å²) >= 11 is 0. The van der Waals surface area contributed by atoms with Crippen LogP contribution in [0, 0.1) is 5.92 Å². The number of esters is 1. The summed E-state index contributed by atoms with van der Waals surface area (Å²) in [6.45, 7) is 6.51. The number of fused-ring (bicyclic) bond motifs is 1. The Kier molecular flexibility index (Phi) is 2.34. The summed E-state index contributed by atoms with van der Waals surface area (Å²) in [5.41, 5.74) is 3.53. The van der Waals surface area contributed by atoms with Crippen LogP contribution in [0.5, 0.6) is 0 Å². The Hall–Kier alpha value is -1.53. The quantitative estimate of drug-likeness (QED) is 0.551. The first-order valence-electron chi connectivity index (χ1n) is 5.61. The van der Waals surface area contributed by atoms with Crippen molar-refractivity contribution in [1.82, 2.24) is 0 Å². The maximum Gasteiger partial charge on any atom is 0.317 e. The Morgan fingerprint density at radius 3 is 3.12 bits per heavy atom. The van der Waals surface area contributed by atoms with Gasteiger partial charge in [-0.05, 0) is 34.7 Å². The molecule has 0 N–H and O–H groups in total. The number of ether oxygens (including phenoxy) is 1. The average molecular weight is 244 g/mol. The molecule has 2 atom stereocenters. The van der Waals surface area contributed by atoms with Crippen molar-refractivity contribution in [3.8, 4) is 0 Å². The topological polar surface area (TPSA) is 26.3 Å². The minimum atomic E-state index is -0.238. The van der Waals surface area contributed by atoms with E-state index >= 15 is 0 Å². The maximum absolute atomic E-state index is 11.8. The molecule has 2 aliphatic rings. The first-order chi connectivity index (χ1) is 8.16. The lowest BCUT2D eigenvalue weighted by molar-refractivity contribution is -0.144. The lowest BCUT2D eigenvalue weighted by atomic mass is 9.94. The molecule has 86 valence electrons. The van der Waals surface area contributed by atoms with E-state index in [0.717, 1.165) is 10.5 Å². The average Bonchev–Trinajstić information content (AvgIpc) is 2.80. The summed E-state index contributed by atoms with van der Waals surface area (Å²) in [7, 11) is 0.653. The fraction of sp³-hybridized carbons (Fsp3) is 0.214. The number of hydrogen-bond donors (Lipinski definition) is 0. The molecule has 0 saturated heterocycles. The van der Waals surface area contributed by atoms with Crippen LogP contribution in [-0.2, 0) is 9.53 Å². The molecule has 0 amide bonds. The zero-order chi connectivity index (χ0) is 12.0. The SMILES string of the molecule is C=c1cc2c([pH]1)=C(C)C=C2C1C=CCOC1=O. The highest BCUT2D eigenvalue weighted by atomic mass is 31.0. The van der Waals surface area contributed by atoms with E-state index in [2.05, 4.69) is 25.6 Å². The van der Waals surface area contributed by atoms with E-state index in [4.69, 9.17) is 4.74 Å². The Labute approximate surface area is 101 Å². The third kappa shape index (κ3) is 1.60. The van der Waals surface area contributed by atoms with E-state index in [9.17, 15) is 4.79 Å². The van der Waals surface area contributed by atoms with Crippen molar-refractivity contribution in [1.29, 1.82) is 0 Å². The highest BCUT2D eigenvalue weighted by Gasteiger charge is 2.28. The van der Waals surface area contributed by atoms with Crippen molar-refractivity contribution < 1.29 is 9.53 Å². The van der Waals surface area contributed by atoms with Gasteiger partial charge in [0.05, 0.1) is 0 Å². The minimum absolute atomic E-state index is 0.144. The molecular formula is C14H13O2P. The van der Waals surface area contributed by atoms with E-state index in [-0.39, 0.29) is 11.9 Å². The van der Waals surface area contributed by atoms with Gasteiger partial charge in [-0.2, -0.15) is 0 Å². The van der Waals surface area contributed by atoms with Crippen molar-refractivity contribution in [2.75, 3.05) is 6.61 Å². The fourth-order valence-electron chi connectivity index (χ4n) is 2.41. The molecule has 0 fully saturated rings. The number of carbonyl (C=O) groups excluding carboxylic acids is 1. The fourth-order valence-corrected chi connectivity index (χ4v) is 3.57. The van der Waals surface area contributed by atoms with Crippen LogP contribution < -0.4 is 9.90 Å². The smallest absolute Gasteiger partial charge is 0.317 e. The molecule has 3 rings (SSSR count). The highest BCUT2D eigenvalue weighted by Crippen LogP contribution is 2.31. The molecule has 0 bridgehead atoms. The molecule has 17 heavy (non-hydrogen) atoms. The molecule has 1 aliphatic heterocycles. The monoisotopic (exact) mass is 244 g/mol. The predicted octanol–water partition coefficient (Wildman–Crippen LogP) is 1.43. The normalized spacial score (nSPS) is 22.9. The summed E-state index contributed by atoms with van der Waals surface area (Å²) in [6, 6.07) is 2.10. The van der Waals surface area contributed by atoms with Crippen LogP contribution in [0.25, 0.3) is 17.7 Å². The number of rotatable bonds is 1. The molecule has 1 aliphatic carbocycles. The molecule has 1 aromatic rings. The molecule has 0 radical (unpaired) electrons. The van der Waals surface area contributed by atoms with Crippen LogP contribution in [0.1, 0.15) is 12.5 Å². The van der Waals surface area contributed by atoms with Gasteiger partial charge in [0, 0.05) is 4.95 Å². The summed E-state index contributed by atoms with van der Waals surface area (Å²) in [5, 5.41) is 0. The van der Waals surface area contributed by atoms with E-state index in [0.29, 0.717) is 14.8 Å². The van der Waals surface area contributed by atoms with Crippen molar-refractivity contribution in [2.45, 2.75) is 6.92 Å². The predicted molar refractivity (Wildman–Crippen MR) is 71.4 cm³/mol. The van der Waals surface area contributed by atoms with Crippen molar-refractivity contribution in [2.24, 2.45) is 5.92 Å². The zero-order valence-corrected chi connectivity index (χ0v) is 10.6. The Balaban J connectivity index is 2.12. The third-order valence-electron chi connectivity index (χ3n) is 3.19. The van der Waals surface area contributed by atoms with E-state index in [1.165, 1.54) is 16.1 Å². The molecule has 3 heteroatoms. The minimum Gasteiger partial charge on any atom is -0.461 e. The third-order valence-corrected chi connectivity index (χ3v) is 4.57. The van der Waals surface area contributed by atoms with Gasteiger partial charge < -0.3 is 4.74 Å². The lowest BCUT2D eigenvalue weighted by Crippen LogP contribution is -2.21. The summed E-state index contributed by atoms with van der Waals surface area (Å²) in [5.74, 6) is -0.382. The molecule has 2 unspecified atom stereocenters. The van der Waals surface area contributed by atoms with Gasteiger partial charge in [0.1, 0.15) is 12.5 Å². The second-order valence-corrected chi connectivity index (χ2v) is 5.79. The van der Waals surface area contributed by atoms with Crippen LogP contribution in [0.3, 0.4) is 0 Å². The highest BCUT2D eigenvalue weighted by molar-refractivity contribution is 7.28. The second kappa shape index (κ2) is 3.75. The van der Waals surface area contributed by atoms with Gasteiger partial charge in [-0.1, -0.05) is 24.8 Å². The molecule has 2 heterocycles. The Morgan fingerprint density at radius 1 is 1.53 bits per heavy atom. The standard InChI is InChI=1S/C14H13O2P/c1-8-6-11(10-4-3-5-16-14(10)15)12-7-9(2)17-13(8)12/h3-4,6-7,10,17H,2,5H2,1H3. The van der Waals surface area contributed by atoms with Crippen molar-refractivity contribution in [3.05, 3.63) is 39.8 Å². The van der Waals surface area contributed by atoms with Gasteiger partial charge in [-0.3, -0.25) is 4.79 Å².